The van der Waals surface area contributed by atoms with Gasteiger partial charge in [-0.3, -0.25) is 9.59 Å². The van der Waals surface area contributed by atoms with Gasteiger partial charge in [-0.15, -0.1) is 0 Å². The molecule has 0 aromatic rings. The van der Waals surface area contributed by atoms with Crippen LogP contribution in [0.1, 0.15) is 168 Å². The van der Waals surface area contributed by atoms with Crippen LogP contribution < -0.4 is 5.11 Å². The molecule has 2 unspecified atom stereocenters. The molecule has 0 aromatic carbocycles. The molecule has 69 heavy (non-hydrogen) atoms. The van der Waals surface area contributed by atoms with Gasteiger partial charge in [0.15, 0.2) is 12.4 Å². The predicted octanol–water partition coefficient (Wildman–Crippen LogP) is 13.8. The maximum absolute atomic E-state index is 12.7. The Balaban J connectivity index is 4.22. The fourth-order valence-electron chi connectivity index (χ4n) is 6.36. The summed E-state index contributed by atoms with van der Waals surface area (Å²) < 4.78 is 22.4. The molecule has 0 bridgehead atoms. The fraction of sp³-hybridized carbons (Fsp3) is 0.583. The van der Waals surface area contributed by atoms with E-state index in [1.54, 1.807) is 0 Å². The number of unbranched alkanes of at least 4 members (excludes halogenated alkanes) is 9. The molecule has 0 aliphatic heterocycles. The highest BCUT2D eigenvalue weighted by Gasteiger charge is 2.21. The second-order valence-corrected chi connectivity index (χ2v) is 18.1. The normalized spacial score (nSPS) is 13.9. The second kappa shape index (κ2) is 49.8. The van der Waals surface area contributed by atoms with Crippen LogP contribution in [0.2, 0.25) is 0 Å². The van der Waals surface area contributed by atoms with E-state index in [1.165, 1.54) is 19.3 Å². The lowest BCUT2D eigenvalue weighted by Gasteiger charge is -2.26. The monoisotopic (exact) mass is 958 g/mol. The number of hydrogen-bond acceptors (Lipinski definition) is 8. The molecule has 0 heterocycles. The number of rotatable bonds is 46. The number of allylic oxidation sites excluding steroid dienone is 22. The largest absolute Gasteiger partial charge is 0.545 e. The molecule has 0 amide bonds. The van der Waals surface area contributed by atoms with Crippen LogP contribution >= 0.6 is 0 Å². The number of nitrogens with zero attached hydrogens (tertiary/aromatic N) is 1. The van der Waals surface area contributed by atoms with E-state index in [9.17, 15) is 19.5 Å². The zero-order chi connectivity index (χ0) is 50.6. The van der Waals surface area contributed by atoms with Gasteiger partial charge in [0.25, 0.3) is 0 Å². The van der Waals surface area contributed by atoms with Crippen LogP contribution in [0.4, 0.5) is 0 Å². The Morgan fingerprint density at radius 1 is 0.449 bits per heavy atom. The zero-order valence-electron chi connectivity index (χ0n) is 43.9. The van der Waals surface area contributed by atoms with Gasteiger partial charge in [-0.1, -0.05) is 192 Å². The SMILES string of the molecule is CC/C=C\C/C=C\C/C=C\C/C=C\C/C=C\C/C=C\C/C=C\C/C=C\C/C=C\C/C=C\C/C=C\CCCCCC(=O)OC(COC(=O)CCCCCCCCC)COC(OCC[N+](C)(C)C)C(=O)[O-]. The van der Waals surface area contributed by atoms with Gasteiger partial charge in [0, 0.05) is 12.8 Å². The van der Waals surface area contributed by atoms with E-state index in [-0.39, 0.29) is 38.6 Å². The molecule has 0 aromatic heterocycles. The average Bonchev–Trinajstić information content (AvgIpc) is 3.31. The summed E-state index contributed by atoms with van der Waals surface area (Å²) in [5.74, 6) is -2.36. The van der Waals surface area contributed by atoms with E-state index >= 15 is 0 Å². The molecule has 0 aliphatic carbocycles. The standard InChI is InChI=1S/C60H95NO8/c1-6-8-10-12-14-15-16-17-18-19-20-21-22-23-24-25-26-27-28-29-30-31-32-33-34-35-36-37-38-39-40-41-42-43-45-47-49-51-58(63)69-56(54-67-57(62)50-48-46-44-13-11-9-7-2)55-68-60(59(64)65)66-53-52-61(3,4)5/h8,10,14-15,17-18,20-21,23-24,26-27,29-30,32-33,35-36,38-39,41-42,56,60H,6-7,9,11-13,16,19,22,25,28,31,34,37,40,43-55H2,1-5H3/b10-8-,15-14-,18-17-,21-20-,24-23-,27-26-,30-29-,33-32-,36-35-,39-38-,42-41-. The zero-order valence-corrected chi connectivity index (χ0v) is 43.9. The highest BCUT2D eigenvalue weighted by atomic mass is 16.7. The van der Waals surface area contributed by atoms with Crippen LogP contribution in [0.25, 0.3) is 0 Å². The van der Waals surface area contributed by atoms with Crippen LogP contribution in [0.3, 0.4) is 0 Å². The summed E-state index contributed by atoms with van der Waals surface area (Å²) >= 11 is 0. The van der Waals surface area contributed by atoms with Gasteiger partial charge < -0.3 is 33.3 Å². The van der Waals surface area contributed by atoms with Gasteiger partial charge in [0.2, 0.25) is 0 Å². The third-order valence-corrected chi connectivity index (χ3v) is 10.4. The number of carbonyl (C=O) groups excluding carboxylic acids is 3. The van der Waals surface area contributed by atoms with Crippen molar-refractivity contribution >= 4 is 17.9 Å². The highest BCUT2D eigenvalue weighted by molar-refractivity contribution is 5.70. The smallest absolute Gasteiger partial charge is 0.306 e. The minimum Gasteiger partial charge on any atom is -0.545 e. The number of hydrogen-bond donors (Lipinski definition) is 0. The van der Waals surface area contributed by atoms with Crippen LogP contribution in [0.15, 0.2) is 134 Å². The van der Waals surface area contributed by atoms with E-state index in [0.717, 1.165) is 116 Å². The Labute approximate surface area is 420 Å². The molecule has 0 fully saturated rings. The summed E-state index contributed by atoms with van der Waals surface area (Å²) in [6.07, 6.45) is 68.2. The molecular formula is C60H95NO8. The number of esters is 2. The Morgan fingerprint density at radius 2 is 0.826 bits per heavy atom. The van der Waals surface area contributed by atoms with Crippen LogP contribution in [-0.4, -0.2) is 82.3 Å². The first kappa shape index (κ1) is 64.4. The summed E-state index contributed by atoms with van der Waals surface area (Å²) in [4.78, 5) is 36.9. The summed E-state index contributed by atoms with van der Waals surface area (Å²) in [6.45, 7) is 4.50. The molecular weight excluding hydrogens is 863 g/mol. The molecule has 0 rings (SSSR count). The van der Waals surface area contributed by atoms with E-state index < -0.39 is 24.3 Å². The first-order valence-electron chi connectivity index (χ1n) is 26.3. The topological polar surface area (TPSA) is 111 Å². The van der Waals surface area contributed by atoms with E-state index in [0.29, 0.717) is 17.4 Å². The molecule has 0 saturated heterocycles. The van der Waals surface area contributed by atoms with Crippen molar-refractivity contribution in [1.82, 2.24) is 0 Å². The van der Waals surface area contributed by atoms with Crippen molar-refractivity contribution in [2.24, 2.45) is 0 Å². The minimum absolute atomic E-state index is 0.134. The van der Waals surface area contributed by atoms with Gasteiger partial charge >= 0.3 is 11.9 Å². The number of carboxylic acids is 1. The lowest BCUT2D eigenvalue weighted by atomic mass is 10.1. The van der Waals surface area contributed by atoms with E-state index in [4.69, 9.17) is 18.9 Å². The van der Waals surface area contributed by atoms with Crippen molar-refractivity contribution in [2.45, 2.75) is 180 Å². The van der Waals surface area contributed by atoms with Crippen molar-refractivity contribution in [1.29, 1.82) is 0 Å². The maximum Gasteiger partial charge on any atom is 0.306 e. The van der Waals surface area contributed by atoms with Gasteiger partial charge in [-0.25, -0.2) is 0 Å². The van der Waals surface area contributed by atoms with Gasteiger partial charge in [0.05, 0.1) is 40.3 Å². The van der Waals surface area contributed by atoms with Gasteiger partial charge in [0.1, 0.15) is 13.2 Å². The summed E-state index contributed by atoms with van der Waals surface area (Å²) in [6, 6.07) is 0. The third-order valence-electron chi connectivity index (χ3n) is 10.4. The Hall–Kier alpha value is -4.57. The molecule has 0 N–H and O–H groups in total. The quantitative estimate of drug-likeness (QED) is 0.0195. The lowest BCUT2D eigenvalue weighted by molar-refractivity contribution is -0.870. The van der Waals surface area contributed by atoms with Crippen molar-refractivity contribution in [2.75, 3.05) is 47.5 Å². The molecule has 9 heteroatoms. The molecule has 0 saturated carbocycles. The first-order valence-corrected chi connectivity index (χ1v) is 26.3. The number of carboxylic acid groups (broad SMARTS) is 1. The number of carbonyl (C=O) groups is 3. The summed E-state index contributed by atoms with van der Waals surface area (Å²) in [7, 11) is 5.88. The Bertz CT molecular complexity index is 1590. The van der Waals surface area contributed by atoms with Crippen molar-refractivity contribution in [3.63, 3.8) is 0 Å². The number of ether oxygens (including phenoxy) is 4. The molecule has 0 aliphatic rings. The summed E-state index contributed by atoms with van der Waals surface area (Å²) in [5, 5.41) is 11.7. The Kier molecular flexibility index (Phi) is 46.5. The molecule has 2 atom stereocenters. The van der Waals surface area contributed by atoms with Crippen molar-refractivity contribution in [3.8, 4) is 0 Å². The maximum atomic E-state index is 12.7. The van der Waals surface area contributed by atoms with E-state index in [1.807, 2.05) is 21.1 Å². The summed E-state index contributed by atoms with van der Waals surface area (Å²) in [5.41, 5.74) is 0. The molecule has 9 nitrogen and oxygen atoms in total. The van der Waals surface area contributed by atoms with Gasteiger partial charge in [-0.2, -0.15) is 0 Å². The molecule has 388 valence electrons. The van der Waals surface area contributed by atoms with Crippen LogP contribution in [-0.2, 0) is 33.3 Å². The predicted molar refractivity (Wildman–Crippen MR) is 287 cm³/mol. The third kappa shape index (κ3) is 51.1. The number of quaternary nitrogens is 1. The highest BCUT2D eigenvalue weighted by Crippen LogP contribution is 2.12. The molecule has 0 spiro atoms. The lowest BCUT2D eigenvalue weighted by Crippen LogP contribution is -2.44. The minimum atomic E-state index is -1.63. The van der Waals surface area contributed by atoms with Gasteiger partial charge in [-0.05, 0) is 96.3 Å². The number of aliphatic carboxylic acids is 1. The molecule has 0 radical (unpaired) electrons. The fourth-order valence-corrected chi connectivity index (χ4v) is 6.36. The van der Waals surface area contributed by atoms with Crippen LogP contribution in [0.5, 0.6) is 0 Å². The number of likely N-dealkylation sites (N-methyl/N-ethyl adjacent to an activating group) is 1. The van der Waals surface area contributed by atoms with Crippen molar-refractivity contribution < 1.29 is 42.9 Å². The van der Waals surface area contributed by atoms with Crippen molar-refractivity contribution in [3.05, 3.63) is 134 Å². The van der Waals surface area contributed by atoms with Crippen LogP contribution in [0, 0.1) is 0 Å². The first-order chi connectivity index (χ1) is 33.6. The second-order valence-electron chi connectivity index (χ2n) is 18.1. The van der Waals surface area contributed by atoms with E-state index in [2.05, 4.69) is 148 Å². The average molecular weight is 958 g/mol. The Morgan fingerprint density at radius 3 is 1.23 bits per heavy atom.